The molecule has 0 amide bonds. The summed E-state index contributed by atoms with van der Waals surface area (Å²) in [6.07, 6.45) is 1.37. The minimum atomic E-state index is -1.61. The van der Waals surface area contributed by atoms with Gasteiger partial charge in [0.05, 0.1) is 28.2 Å². The van der Waals surface area contributed by atoms with Gasteiger partial charge in [-0.25, -0.2) is 18.9 Å². The molecule has 0 saturated heterocycles. The topological polar surface area (TPSA) is 85.1 Å². The van der Waals surface area contributed by atoms with Crippen LogP contribution in [-0.4, -0.2) is 31.6 Å². The number of pyridine rings is 1. The van der Waals surface area contributed by atoms with Gasteiger partial charge in [0.25, 0.3) is 5.78 Å². The number of carbonyl (C=O) groups is 2. The lowest BCUT2D eigenvalue weighted by atomic mass is 10.0. The molecule has 0 radical (unpaired) electrons. The lowest BCUT2D eigenvalue weighted by Crippen LogP contribution is -2.15. The van der Waals surface area contributed by atoms with Crippen molar-refractivity contribution in [2.45, 2.75) is 6.92 Å². The van der Waals surface area contributed by atoms with Crippen LogP contribution in [0, 0.1) is 12.7 Å². The van der Waals surface area contributed by atoms with E-state index in [4.69, 9.17) is 11.6 Å². The van der Waals surface area contributed by atoms with E-state index in [0.717, 1.165) is 5.39 Å². The van der Waals surface area contributed by atoms with E-state index in [1.807, 2.05) is 12.1 Å². The van der Waals surface area contributed by atoms with Gasteiger partial charge in [0.2, 0.25) is 0 Å². The molecule has 1 N–H and O–H groups in total. The molecule has 0 atom stereocenters. The maximum atomic E-state index is 13.3. The monoisotopic (exact) mass is 435 g/mol. The van der Waals surface area contributed by atoms with Crippen molar-refractivity contribution in [2.24, 2.45) is 0 Å². The van der Waals surface area contributed by atoms with Crippen molar-refractivity contribution in [1.82, 2.24) is 14.8 Å². The molecule has 2 aromatic heterocycles. The summed E-state index contributed by atoms with van der Waals surface area (Å²) in [7, 11) is 0. The van der Waals surface area contributed by atoms with Crippen LogP contribution in [0.25, 0.3) is 28.2 Å². The van der Waals surface area contributed by atoms with Gasteiger partial charge in [-0.1, -0.05) is 35.9 Å². The average Bonchev–Trinajstić information content (AvgIpc) is 3.05. The van der Waals surface area contributed by atoms with Crippen LogP contribution < -0.4 is 0 Å². The molecule has 2 heterocycles. The Bertz CT molecular complexity index is 1360. The Balaban J connectivity index is 1.87. The molecule has 2 aromatic carbocycles. The van der Waals surface area contributed by atoms with Crippen molar-refractivity contribution < 1.29 is 19.1 Å². The molecule has 4 aromatic rings. The minimum Gasteiger partial charge on any atom is -0.475 e. The fourth-order valence-electron chi connectivity index (χ4n) is 3.16. The number of hydrogen-bond donors (Lipinski definition) is 1. The van der Waals surface area contributed by atoms with E-state index < -0.39 is 17.6 Å². The number of benzene rings is 2. The van der Waals surface area contributed by atoms with Gasteiger partial charge in [0.15, 0.2) is 0 Å². The van der Waals surface area contributed by atoms with Crippen LogP contribution in [0.2, 0.25) is 5.15 Å². The van der Waals surface area contributed by atoms with E-state index in [1.54, 1.807) is 31.2 Å². The van der Waals surface area contributed by atoms with E-state index in [9.17, 15) is 19.1 Å². The maximum absolute atomic E-state index is 13.3. The highest BCUT2D eigenvalue weighted by atomic mass is 35.5. The number of halogens is 2. The third kappa shape index (κ3) is 3.95. The number of aliphatic carboxylic acids is 1. The summed E-state index contributed by atoms with van der Waals surface area (Å²) in [5.74, 6) is -3.13. The van der Waals surface area contributed by atoms with Crippen molar-refractivity contribution in [3.05, 3.63) is 88.6 Å². The molecule has 4 rings (SSSR count). The Morgan fingerprint density at radius 1 is 1.06 bits per heavy atom. The molecular formula is C23H15ClFN3O3. The Morgan fingerprint density at radius 2 is 1.77 bits per heavy atom. The number of carboxylic acids is 1. The van der Waals surface area contributed by atoms with Crippen LogP contribution in [0.5, 0.6) is 0 Å². The van der Waals surface area contributed by atoms with Crippen LogP contribution in [0.4, 0.5) is 4.39 Å². The standard InChI is InChI=1S/C23H15ClFN3O3/c1-13-17(22(24)28(27-13)16-9-7-15(25)8-10-16)12-18(21(29)23(30)31)20-11-6-14-4-2-3-5-19(14)26-20/h2-12H,1H3,(H,30,31)/b18-12+. The molecule has 0 aliphatic rings. The highest BCUT2D eigenvalue weighted by molar-refractivity contribution is 6.53. The fourth-order valence-corrected chi connectivity index (χ4v) is 3.49. The second kappa shape index (κ2) is 8.12. The zero-order valence-corrected chi connectivity index (χ0v) is 17.0. The van der Waals surface area contributed by atoms with Crippen LogP contribution in [0.1, 0.15) is 17.0 Å². The number of ketones is 1. The molecule has 0 saturated carbocycles. The fraction of sp³-hybridized carbons (Fsp3) is 0.0435. The van der Waals surface area contributed by atoms with Crippen LogP contribution in [0.15, 0.2) is 60.7 Å². The first-order chi connectivity index (χ1) is 14.8. The molecule has 154 valence electrons. The average molecular weight is 436 g/mol. The molecule has 6 nitrogen and oxygen atoms in total. The van der Waals surface area contributed by atoms with Gasteiger partial charge in [-0.3, -0.25) is 4.79 Å². The molecule has 0 spiro atoms. The van der Waals surface area contributed by atoms with Crippen molar-refractivity contribution in [2.75, 3.05) is 0 Å². The molecule has 0 unspecified atom stereocenters. The van der Waals surface area contributed by atoms with Crippen molar-refractivity contribution in [3.63, 3.8) is 0 Å². The number of rotatable bonds is 5. The van der Waals surface area contributed by atoms with Gasteiger partial charge in [0, 0.05) is 10.9 Å². The van der Waals surface area contributed by atoms with Gasteiger partial charge in [0.1, 0.15) is 11.0 Å². The van der Waals surface area contributed by atoms with Gasteiger partial charge >= 0.3 is 5.97 Å². The lowest BCUT2D eigenvalue weighted by Gasteiger charge is -2.06. The van der Waals surface area contributed by atoms with Crippen LogP contribution >= 0.6 is 11.6 Å². The molecular weight excluding hydrogens is 421 g/mol. The van der Waals surface area contributed by atoms with Gasteiger partial charge < -0.3 is 5.11 Å². The lowest BCUT2D eigenvalue weighted by molar-refractivity contribution is -0.146. The van der Waals surface area contributed by atoms with Crippen molar-refractivity contribution in [3.8, 4) is 5.69 Å². The number of carboxylic acid groups (broad SMARTS) is 1. The number of hydrogen-bond acceptors (Lipinski definition) is 4. The predicted molar refractivity (Wildman–Crippen MR) is 116 cm³/mol. The number of aromatic nitrogens is 3. The number of Topliss-reactive ketones (excluding diaryl/α,β-unsaturated/α-hetero) is 1. The summed E-state index contributed by atoms with van der Waals surface area (Å²) in [5.41, 5.74) is 2.05. The van der Waals surface area contributed by atoms with Crippen molar-refractivity contribution in [1.29, 1.82) is 0 Å². The number of para-hydroxylation sites is 1. The van der Waals surface area contributed by atoms with E-state index in [-0.39, 0.29) is 16.4 Å². The molecule has 0 fully saturated rings. The summed E-state index contributed by atoms with van der Waals surface area (Å²) in [6, 6.07) is 16.2. The van der Waals surface area contributed by atoms with Crippen LogP contribution in [0.3, 0.4) is 0 Å². The van der Waals surface area contributed by atoms with E-state index in [1.165, 1.54) is 35.0 Å². The Morgan fingerprint density at radius 3 is 2.48 bits per heavy atom. The quantitative estimate of drug-likeness (QED) is 0.362. The zero-order valence-electron chi connectivity index (χ0n) is 16.2. The number of aryl methyl sites for hydroxylation is 1. The summed E-state index contributed by atoms with van der Waals surface area (Å²) in [4.78, 5) is 28.4. The predicted octanol–water partition coefficient (Wildman–Crippen LogP) is 4.72. The highest BCUT2D eigenvalue weighted by Gasteiger charge is 2.23. The maximum Gasteiger partial charge on any atom is 0.377 e. The van der Waals surface area contributed by atoms with Gasteiger partial charge in [-0.15, -0.1) is 0 Å². The van der Waals surface area contributed by atoms with Crippen LogP contribution in [-0.2, 0) is 9.59 Å². The van der Waals surface area contributed by atoms with E-state index >= 15 is 0 Å². The summed E-state index contributed by atoms with van der Waals surface area (Å²) >= 11 is 6.50. The SMILES string of the molecule is Cc1nn(-c2ccc(F)cc2)c(Cl)c1/C=C(/C(=O)C(=O)O)c1ccc2ccccc2n1. The smallest absolute Gasteiger partial charge is 0.377 e. The van der Waals surface area contributed by atoms with E-state index in [0.29, 0.717) is 22.5 Å². The molecule has 31 heavy (non-hydrogen) atoms. The second-order valence-electron chi connectivity index (χ2n) is 6.76. The first-order valence-corrected chi connectivity index (χ1v) is 9.59. The molecule has 0 aliphatic heterocycles. The minimum absolute atomic E-state index is 0.123. The second-order valence-corrected chi connectivity index (χ2v) is 7.12. The Hall–Kier alpha value is -3.84. The number of carbonyl (C=O) groups excluding carboxylic acids is 1. The van der Waals surface area contributed by atoms with E-state index in [2.05, 4.69) is 10.1 Å². The Labute approximate surface area is 181 Å². The third-order valence-electron chi connectivity index (χ3n) is 4.72. The Kier molecular flexibility index (Phi) is 5.35. The highest BCUT2D eigenvalue weighted by Crippen LogP contribution is 2.29. The molecule has 0 bridgehead atoms. The normalized spacial score (nSPS) is 11.6. The summed E-state index contributed by atoms with van der Waals surface area (Å²) in [6.45, 7) is 1.68. The first kappa shape index (κ1) is 20.4. The van der Waals surface area contributed by atoms with Gasteiger partial charge in [-0.2, -0.15) is 5.10 Å². The van der Waals surface area contributed by atoms with Crippen molar-refractivity contribution >= 4 is 45.9 Å². The number of nitrogens with zero attached hydrogens (tertiary/aromatic N) is 3. The largest absolute Gasteiger partial charge is 0.475 e. The molecule has 8 heteroatoms. The third-order valence-corrected chi connectivity index (χ3v) is 5.08. The molecule has 0 aliphatic carbocycles. The number of fused-ring (bicyclic) bond motifs is 1. The summed E-state index contributed by atoms with van der Waals surface area (Å²) < 4.78 is 14.6. The van der Waals surface area contributed by atoms with Gasteiger partial charge in [-0.05, 0) is 49.4 Å². The first-order valence-electron chi connectivity index (χ1n) is 9.21. The zero-order chi connectivity index (χ0) is 22.1. The summed E-state index contributed by atoms with van der Waals surface area (Å²) in [5, 5.41) is 14.7.